The zero-order chi connectivity index (χ0) is 17.1. The normalized spacial score (nSPS) is 17.1. The van der Waals surface area contributed by atoms with Crippen LogP contribution in [0, 0.1) is 5.92 Å². The van der Waals surface area contributed by atoms with Gasteiger partial charge in [-0.2, -0.15) is 0 Å². The number of aliphatic carboxylic acids is 1. The van der Waals surface area contributed by atoms with E-state index in [0.29, 0.717) is 23.1 Å². The lowest BCUT2D eigenvalue weighted by Crippen LogP contribution is -2.25. The predicted molar refractivity (Wildman–Crippen MR) is 90.3 cm³/mol. The molecule has 5 nitrogen and oxygen atoms in total. The molecule has 0 unspecified atom stereocenters. The Morgan fingerprint density at radius 2 is 1.83 bits per heavy atom. The maximum atomic E-state index is 11.9. The minimum Gasteiger partial charge on any atom is -0.489 e. The number of benzene rings is 2. The van der Waals surface area contributed by atoms with Gasteiger partial charge < -0.3 is 14.7 Å². The third-order valence-corrected chi connectivity index (χ3v) is 4.19. The van der Waals surface area contributed by atoms with E-state index in [1.807, 2.05) is 12.1 Å². The molecule has 0 aliphatic carbocycles. The molecule has 0 spiro atoms. The van der Waals surface area contributed by atoms with Crippen molar-refractivity contribution in [1.29, 1.82) is 0 Å². The van der Waals surface area contributed by atoms with Crippen molar-refractivity contribution in [3.8, 4) is 5.75 Å². The van der Waals surface area contributed by atoms with Crippen molar-refractivity contribution in [2.45, 2.75) is 13.0 Å². The number of carbonyl (C=O) groups is 2. The number of nitrogens with zero attached hydrogens (tertiary/aromatic N) is 1. The van der Waals surface area contributed by atoms with Gasteiger partial charge in [0.25, 0.3) is 0 Å². The largest absolute Gasteiger partial charge is 0.489 e. The monoisotopic (exact) mass is 345 g/mol. The van der Waals surface area contributed by atoms with Crippen LogP contribution >= 0.6 is 11.6 Å². The van der Waals surface area contributed by atoms with Crippen molar-refractivity contribution in [2.75, 3.05) is 11.4 Å². The van der Waals surface area contributed by atoms with Crippen LogP contribution in [-0.2, 0) is 16.2 Å². The number of ether oxygens (including phenoxy) is 1. The Balaban J connectivity index is 1.62. The van der Waals surface area contributed by atoms with E-state index in [-0.39, 0.29) is 18.9 Å². The number of hydrogen-bond donors (Lipinski definition) is 1. The van der Waals surface area contributed by atoms with Gasteiger partial charge in [0, 0.05) is 23.7 Å². The minimum absolute atomic E-state index is 0.0458. The first-order valence-corrected chi connectivity index (χ1v) is 7.91. The molecule has 1 saturated heterocycles. The average molecular weight is 346 g/mol. The highest BCUT2D eigenvalue weighted by Crippen LogP contribution is 2.27. The molecule has 0 saturated carbocycles. The minimum atomic E-state index is -0.936. The van der Waals surface area contributed by atoms with Crippen LogP contribution in [-0.4, -0.2) is 23.5 Å². The van der Waals surface area contributed by atoms with Crippen molar-refractivity contribution in [1.82, 2.24) is 0 Å². The summed E-state index contributed by atoms with van der Waals surface area (Å²) in [5.74, 6) is -1.07. The Morgan fingerprint density at radius 3 is 2.42 bits per heavy atom. The number of halogens is 1. The molecule has 1 atom stereocenters. The van der Waals surface area contributed by atoms with E-state index >= 15 is 0 Å². The van der Waals surface area contributed by atoms with Crippen molar-refractivity contribution in [2.24, 2.45) is 5.92 Å². The van der Waals surface area contributed by atoms with Crippen LogP contribution in [0.15, 0.2) is 48.5 Å². The number of carboxylic acids is 1. The molecule has 1 aliphatic rings. The molecule has 1 heterocycles. The van der Waals surface area contributed by atoms with Gasteiger partial charge in [-0.15, -0.1) is 0 Å². The summed E-state index contributed by atoms with van der Waals surface area (Å²) in [5, 5.41) is 9.71. The predicted octanol–water partition coefficient (Wildman–Crippen LogP) is 3.36. The molecular weight excluding hydrogens is 330 g/mol. The molecule has 124 valence electrons. The maximum absolute atomic E-state index is 11.9. The van der Waals surface area contributed by atoms with E-state index in [9.17, 15) is 9.59 Å². The smallest absolute Gasteiger partial charge is 0.308 e. The molecule has 1 amide bonds. The summed E-state index contributed by atoms with van der Waals surface area (Å²) >= 11 is 5.84. The Morgan fingerprint density at radius 1 is 1.17 bits per heavy atom. The average Bonchev–Trinajstić information content (AvgIpc) is 2.97. The van der Waals surface area contributed by atoms with Crippen LogP contribution in [0.3, 0.4) is 0 Å². The summed E-state index contributed by atoms with van der Waals surface area (Å²) in [6, 6.07) is 14.5. The lowest BCUT2D eigenvalue weighted by atomic mass is 10.1. The molecule has 3 rings (SSSR count). The van der Waals surface area contributed by atoms with Gasteiger partial charge in [-0.1, -0.05) is 23.7 Å². The van der Waals surface area contributed by atoms with Crippen molar-refractivity contribution >= 4 is 29.2 Å². The molecule has 0 aromatic heterocycles. The molecule has 0 bridgehead atoms. The summed E-state index contributed by atoms with van der Waals surface area (Å²) < 4.78 is 5.70. The molecule has 2 aromatic rings. The lowest BCUT2D eigenvalue weighted by molar-refractivity contribution is -0.141. The zero-order valence-corrected chi connectivity index (χ0v) is 13.6. The first-order valence-electron chi connectivity index (χ1n) is 7.53. The number of carbonyl (C=O) groups excluding carboxylic acids is 1. The number of amides is 1. The highest BCUT2D eigenvalue weighted by Gasteiger charge is 2.34. The van der Waals surface area contributed by atoms with Crippen molar-refractivity contribution < 1.29 is 19.4 Å². The van der Waals surface area contributed by atoms with Crippen LogP contribution in [0.5, 0.6) is 5.75 Å². The molecular formula is C18H16ClNO4. The number of anilines is 1. The molecule has 1 aliphatic heterocycles. The first-order chi connectivity index (χ1) is 11.5. The third-order valence-electron chi connectivity index (χ3n) is 3.94. The fraction of sp³-hybridized carbons (Fsp3) is 0.222. The van der Waals surface area contributed by atoms with Gasteiger partial charge in [0.15, 0.2) is 0 Å². The van der Waals surface area contributed by atoms with Crippen LogP contribution < -0.4 is 9.64 Å². The fourth-order valence-electron chi connectivity index (χ4n) is 2.59. The number of rotatable bonds is 5. The maximum Gasteiger partial charge on any atom is 0.308 e. The Hall–Kier alpha value is -2.53. The summed E-state index contributed by atoms with van der Waals surface area (Å²) in [6.45, 7) is 0.624. The SMILES string of the molecule is O=C(O)[C@@H]1CC(=O)N(c2ccc(OCc3ccc(Cl)cc3)cc2)C1. The summed E-state index contributed by atoms with van der Waals surface area (Å²) in [7, 11) is 0. The van der Waals surface area contributed by atoms with Gasteiger partial charge in [0.2, 0.25) is 5.91 Å². The lowest BCUT2D eigenvalue weighted by Gasteiger charge is -2.16. The molecule has 24 heavy (non-hydrogen) atoms. The molecule has 1 fully saturated rings. The molecule has 6 heteroatoms. The van der Waals surface area contributed by atoms with E-state index in [0.717, 1.165) is 5.56 Å². The van der Waals surface area contributed by atoms with E-state index < -0.39 is 11.9 Å². The Bertz CT molecular complexity index is 743. The van der Waals surface area contributed by atoms with Gasteiger partial charge in [-0.25, -0.2) is 0 Å². The second-order valence-electron chi connectivity index (χ2n) is 5.65. The summed E-state index contributed by atoms with van der Waals surface area (Å²) in [5.41, 5.74) is 1.69. The Labute approximate surface area is 144 Å². The van der Waals surface area contributed by atoms with Crippen molar-refractivity contribution in [3.05, 3.63) is 59.1 Å². The molecule has 0 radical (unpaired) electrons. The van der Waals surface area contributed by atoms with E-state index in [2.05, 4.69) is 0 Å². The van der Waals surface area contributed by atoms with Crippen LogP contribution in [0.4, 0.5) is 5.69 Å². The van der Waals surface area contributed by atoms with Gasteiger partial charge >= 0.3 is 5.97 Å². The number of carboxylic acid groups (broad SMARTS) is 1. The third kappa shape index (κ3) is 3.68. The summed E-state index contributed by atoms with van der Waals surface area (Å²) in [4.78, 5) is 24.4. The van der Waals surface area contributed by atoms with Crippen LogP contribution in [0.2, 0.25) is 5.02 Å². The fourth-order valence-corrected chi connectivity index (χ4v) is 2.72. The van der Waals surface area contributed by atoms with Crippen LogP contribution in [0.25, 0.3) is 0 Å². The quantitative estimate of drug-likeness (QED) is 0.902. The van der Waals surface area contributed by atoms with E-state index in [4.69, 9.17) is 21.4 Å². The highest BCUT2D eigenvalue weighted by molar-refractivity contribution is 6.30. The summed E-state index contributed by atoms with van der Waals surface area (Å²) in [6.07, 6.45) is 0.0458. The number of hydrogen-bond acceptors (Lipinski definition) is 3. The van der Waals surface area contributed by atoms with Crippen molar-refractivity contribution in [3.63, 3.8) is 0 Å². The Kier molecular flexibility index (Phi) is 4.71. The second-order valence-corrected chi connectivity index (χ2v) is 6.09. The first kappa shape index (κ1) is 16.3. The van der Waals surface area contributed by atoms with E-state index in [1.165, 1.54) is 4.90 Å². The topological polar surface area (TPSA) is 66.8 Å². The standard InChI is InChI=1S/C18H16ClNO4/c19-14-3-1-12(2-4-14)11-24-16-7-5-15(6-8-16)20-10-13(18(22)23)9-17(20)21/h1-8,13H,9-11H2,(H,22,23)/t13-/m1/s1. The van der Waals surface area contributed by atoms with Gasteiger partial charge in [0.05, 0.1) is 5.92 Å². The second kappa shape index (κ2) is 6.93. The molecule has 1 N–H and O–H groups in total. The van der Waals surface area contributed by atoms with Gasteiger partial charge in [0.1, 0.15) is 12.4 Å². The molecule has 2 aromatic carbocycles. The van der Waals surface area contributed by atoms with Crippen LogP contribution in [0.1, 0.15) is 12.0 Å². The van der Waals surface area contributed by atoms with Gasteiger partial charge in [-0.05, 0) is 42.0 Å². The highest BCUT2D eigenvalue weighted by atomic mass is 35.5. The van der Waals surface area contributed by atoms with Gasteiger partial charge in [-0.3, -0.25) is 9.59 Å². The zero-order valence-electron chi connectivity index (χ0n) is 12.8. The van der Waals surface area contributed by atoms with E-state index in [1.54, 1.807) is 36.4 Å².